The molecule has 0 bridgehead atoms. The summed E-state index contributed by atoms with van der Waals surface area (Å²) in [6, 6.07) is 5.42. The number of carbonyl (C=O) groups excluding carboxylic acids is 1. The molecule has 0 saturated carbocycles. The maximum Gasteiger partial charge on any atom is 0.248 e. The van der Waals surface area contributed by atoms with Crippen LogP contribution in [0.5, 0.6) is 0 Å². The van der Waals surface area contributed by atoms with E-state index < -0.39 is 5.91 Å². The minimum atomic E-state index is -0.398. The monoisotopic (exact) mass is 250 g/mol. The molecule has 0 heterocycles. The van der Waals surface area contributed by atoms with Gasteiger partial charge >= 0.3 is 0 Å². The molecule has 0 aliphatic carbocycles. The molecule has 0 spiro atoms. The number of hydrogen-bond acceptors (Lipinski definition) is 3. The molecule has 0 radical (unpaired) electrons. The van der Waals surface area contributed by atoms with Crippen LogP contribution in [0.25, 0.3) is 0 Å². The second kappa shape index (κ2) is 5.87. The van der Waals surface area contributed by atoms with Crippen LogP contribution < -0.4 is 11.1 Å². The van der Waals surface area contributed by atoms with Gasteiger partial charge in [-0.25, -0.2) is 0 Å². The van der Waals surface area contributed by atoms with Crippen molar-refractivity contribution in [1.29, 1.82) is 0 Å². The average Bonchev–Trinajstić information content (AvgIpc) is 2.31. The van der Waals surface area contributed by atoms with Crippen molar-refractivity contribution in [3.05, 3.63) is 29.3 Å². The number of carbonyl (C=O) groups is 1. The third kappa shape index (κ3) is 4.04. The van der Waals surface area contributed by atoms with Gasteiger partial charge in [-0.05, 0) is 51.0 Å². The highest BCUT2D eigenvalue weighted by atomic mass is 16.5. The van der Waals surface area contributed by atoms with Crippen LogP contribution in [0, 0.1) is 6.92 Å². The Kier molecular flexibility index (Phi) is 4.73. The Morgan fingerprint density at radius 2 is 2.11 bits per heavy atom. The lowest BCUT2D eigenvalue weighted by molar-refractivity contribution is 0.0185. The van der Waals surface area contributed by atoms with Crippen LogP contribution in [0.2, 0.25) is 0 Å². The van der Waals surface area contributed by atoms with Gasteiger partial charge in [0, 0.05) is 24.9 Å². The standard InChI is InChI=1S/C14H22N2O2/c1-10-9-11(13(15)17)5-6-12(10)16-8-7-14(2,3)18-4/h5-6,9,16H,7-8H2,1-4H3,(H2,15,17). The maximum atomic E-state index is 11.0. The van der Waals surface area contributed by atoms with Crippen molar-refractivity contribution in [3.8, 4) is 0 Å². The summed E-state index contributed by atoms with van der Waals surface area (Å²) < 4.78 is 5.36. The number of amides is 1. The molecule has 1 aromatic rings. The van der Waals surface area contributed by atoms with Crippen LogP contribution in [0.4, 0.5) is 5.69 Å². The fourth-order valence-corrected chi connectivity index (χ4v) is 1.62. The summed E-state index contributed by atoms with van der Waals surface area (Å²) in [7, 11) is 1.72. The number of benzene rings is 1. The molecule has 1 amide bonds. The first kappa shape index (κ1) is 14.5. The molecular weight excluding hydrogens is 228 g/mol. The van der Waals surface area contributed by atoms with Crippen molar-refractivity contribution < 1.29 is 9.53 Å². The maximum absolute atomic E-state index is 11.0. The van der Waals surface area contributed by atoms with Gasteiger partial charge in [-0.15, -0.1) is 0 Å². The number of methoxy groups -OCH3 is 1. The highest BCUT2D eigenvalue weighted by Crippen LogP contribution is 2.18. The van der Waals surface area contributed by atoms with Crippen molar-refractivity contribution in [2.45, 2.75) is 32.8 Å². The van der Waals surface area contributed by atoms with E-state index >= 15 is 0 Å². The number of primary amides is 1. The van der Waals surface area contributed by atoms with Crippen LogP contribution in [0.15, 0.2) is 18.2 Å². The molecule has 0 fully saturated rings. The summed E-state index contributed by atoms with van der Waals surface area (Å²) in [5, 5.41) is 3.34. The molecule has 0 saturated heterocycles. The van der Waals surface area contributed by atoms with E-state index in [9.17, 15) is 4.79 Å². The average molecular weight is 250 g/mol. The second-order valence-electron chi connectivity index (χ2n) is 5.03. The van der Waals surface area contributed by atoms with Crippen molar-refractivity contribution in [1.82, 2.24) is 0 Å². The first-order valence-electron chi connectivity index (χ1n) is 6.05. The third-order valence-corrected chi connectivity index (χ3v) is 3.11. The Labute approximate surface area is 109 Å². The Hall–Kier alpha value is -1.55. The Morgan fingerprint density at radius 1 is 1.44 bits per heavy atom. The third-order valence-electron chi connectivity index (χ3n) is 3.11. The predicted molar refractivity (Wildman–Crippen MR) is 73.9 cm³/mol. The van der Waals surface area contributed by atoms with E-state index in [1.54, 1.807) is 19.2 Å². The van der Waals surface area contributed by atoms with Gasteiger partial charge in [0.05, 0.1) is 5.60 Å². The van der Waals surface area contributed by atoms with Gasteiger partial charge in [-0.1, -0.05) is 0 Å². The molecule has 0 aliphatic heterocycles. The molecule has 0 aliphatic rings. The largest absolute Gasteiger partial charge is 0.385 e. The Morgan fingerprint density at radius 3 is 2.61 bits per heavy atom. The van der Waals surface area contributed by atoms with E-state index in [0.717, 1.165) is 24.2 Å². The molecule has 0 aromatic heterocycles. The highest BCUT2D eigenvalue weighted by Gasteiger charge is 2.15. The lowest BCUT2D eigenvalue weighted by Crippen LogP contribution is -2.25. The van der Waals surface area contributed by atoms with E-state index in [1.165, 1.54) is 0 Å². The molecule has 4 heteroatoms. The first-order chi connectivity index (χ1) is 8.35. The quantitative estimate of drug-likeness (QED) is 0.814. The number of nitrogens with two attached hydrogens (primary N) is 1. The fourth-order valence-electron chi connectivity index (χ4n) is 1.62. The van der Waals surface area contributed by atoms with E-state index in [-0.39, 0.29) is 5.60 Å². The van der Waals surface area contributed by atoms with Crippen LogP contribution in [0.3, 0.4) is 0 Å². The van der Waals surface area contributed by atoms with Crippen molar-refractivity contribution in [3.63, 3.8) is 0 Å². The van der Waals surface area contributed by atoms with Gasteiger partial charge in [-0.3, -0.25) is 4.79 Å². The number of rotatable bonds is 6. The molecule has 0 atom stereocenters. The Balaban J connectivity index is 2.61. The highest BCUT2D eigenvalue weighted by molar-refractivity contribution is 5.93. The molecule has 4 nitrogen and oxygen atoms in total. The molecular formula is C14H22N2O2. The number of aryl methyl sites for hydroxylation is 1. The van der Waals surface area contributed by atoms with E-state index in [0.29, 0.717) is 5.56 Å². The molecule has 0 unspecified atom stereocenters. The summed E-state index contributed by atoms with van der Waals surface area (Å²) in [5.41, 5.74) is 7.67. The number of nitrogens with one attached hydrogen (secondary N) is 1. The molecule has 18 heavy (non-hydrogen) atoms. The van der Waals surface area contributed by atoms with Gasteiger partial charge in [0.1, 0.15) is 0 Å². The number of anilines is 1. The smallest absolute Gasteiger partial charge is 0.248 e. The zero-order valence-corrected chi connectivity index (χ0v) is 11.5. The lowest BCUT2D eigenvalue weighted by Gasteiger charge is -2.23. The summed E-state index contributed by atoms with van der Waals surface area (Å²) in [5.74, 6) is -0.398. The van der Waals surface area contributed by atoms with E-state index in [4.69, 9.17) is 10.5 Å². The van der Waals surface area contributed by atoms with E-state index in [2.05, 4.69) is 19.2 Å². The topological polar surface area (TPSA) is 64.3 Å². The lowest BCUT2D eigenvalue weighted by atomic mass is 10.0. The SMILES string of the molecule is COC(C)(C)CCNc1ccc(C(N)=O)cc1C. The zero-order valence-electron chi connectivity index (χ0n) is 11.5. The van der Waals surface area contributed by atoms with Crippen LogP contribution in [-0.4, -0.2) is 25.2 Å². The van der Waals surface area contributed by atoms with Gasteiger partial charge < -0.3 is 15.8 Å². The molecule has 1 aromatic carbocycles. The summed E-state index contributed by atoms with van der Waals surface area (Å²) in [4.78, 5) is 11.0. The predicted octanol–water partition coefficient (Wildman–Crippen LogP) is 2.32. The molecule has 100 valence electrons. The second-order valence-corrected chi connectivity index (χ2v) is 5.03. The number of hydrogen-bond donors (Lipinski definition) is 2. The fraction of sp³-hybridized carbons (Fsp3) is 0.500. The van der Waals surface area contributed by atoms with Gasteiger partial charge in [0.25, 0.3) is 0 Å². The van der Waals surface area contributed by atoms with Crippen molar-refractivity contribution in [2.24, 2.45) is 5.73 Å². The van der Waals surface area contributed by atoms with Gasteiger partial charge in [0.2, 0.25) is 5.91 Å². The van der Waals surface area contributed by atoms with Crippen LogP contribution in [-0.2, 0) is 4.74 Å². The summed E-state index contributed by atoms with van der Waals surface area (Å²) in [6.45, 7) is 6.88. The van der Waals surface area contributed by atoms with Crippen molar-refractivity contribution >= 4 is 11.6 Å². The normalized spacial score (nSPS) is 11.3. The summed E-state index contributed by atoms with van der Waals surface area (Å²) in [6.07, 6.45) is 0.903. The zero-order chi connectivity index (χ0) is 13.8. The van der Waals surface area contributed by atoms with E-state index in [1.807, 2.05) is 13.0 Å². The van der Waals surface area contributed by atoms with Gasteiger partial charge in [0.15, 0.2) is 0 Å². The van der Waals surface area contributed by atoms with Crippen LogP contribution in [0.1, 0.15) is 36.2 Å². The number of ether oxygens (including phenoxy) is 1. The van der Waals surface area contributed by atoms with Crippen LogP contribution >= 0.6 is 0 Å². The molecule has 3 N–H and O–H groups in total. The Bertz CT molecular complexity index is 428. The minimum absolute atomic E-state index is 0.131. The van der Waals surface area contributed by atoms with Crippen molar-refractivity contribution in [2.75, 3.05) is 19.0 Å². The summed E-state index contributed by atoms with van der Waals surface area (Å²) >= 11 is 0. The van der Waals surface area contributed by atoms with Gasteiger partial charge in [-0.2, -0.15) is 0 Å². The minimum Gasteiger partial charge on any atom is -0.385 e. The molecule has 1 rings (SSSR count). The first-order valence-corrected chi connectivity index (χ1v) is 6.05.